The lowest BCUT2D eigenvalue weighted by molar-refractivity contribution is -0.145. The highest BCUT2D eigenvalue weighted by Crippen LogP contribution is 2.33. The van der Waals surface area contributed by atoms with Crippen LogP contribution in [0.25, 0.3) is 0 Å². The summed E-state index contributed by atoms with van der Waals surface area (Å²) in [6.45, 7) is 1.72. The van der Waals surface area contributed by atoms with E-state index >= 15 is 0 Å². The second kappa shape index (κ2) is 7.78. The molecular formula is C16H27NO4. The van der Waals surface area contributed by atoms with E-state index in [4.69, 9.17) is 4.74 Å². The Morgan fingerprint density at radius 3 is 2.29 bits per heavy atom. The molecule has 0 bridgehead atoms. The number of hydrogen-bond donors (Lipinski definition) is 2. The van der Waals surface area contributed by atoms with Crippen LogP contribution in [0.3, 0.4) is 0 Å². The number of carboxylic acid groups (broad SMARTS) is 1. The number of hydrogen-bond acceptors (Lipinski definition) is 3. The number of nitrogens with one attached hydrogen (secondary N) is 1. The number of rotatable bonds is 7. The van der Waals surface area contributed by atoms with Crippen molar-refractivity contribution in [1.82, 2.24) is 5.32 Å². The number of carboxylic acids is 1. The van der Waals surface area contributed by atoms with Gasteiger partial charge in [-0.15, -0.1) is 0 Å². The van der Waals surface area contributed by atoms with Crippen molar-refractivity contribution in [2.24, 2.45) is 5.92 Å². The van der Waals surface area contributed by atoms with Crippen molar-refractivity contribution in [3.05, 3.63) is 0 Å². The summed E-state index contributed by atoms with van der Waals surface area (Å²) in [5, 5.41) is 11.8. The highest BCUT2D eigenvalue weighted by Gasteiger charge is 2.31. The maximum Gasteiger partial charge on any atom is 0.326 e. The van der Waals surface area contributed by atoms with Gasteiger partial charge >= 0.3 is 5.97 Å². The van der Waals surface area contributed by atoms with Gasteiger partial charge in [-0.1, -0.05) is 38.5 Å². The highest BCUT2D eigenvalue weighted by molar-refractivity contribution is 5.86. The molecule has 0 heterocycles. The average Bonchev–Trinajstić information content (AvgIpc) is 3.25. The zero-order valence-corrected chi connectivity index (χ0v) is 12.8. The van der Waals surface area contributed by atoms with Gasteiger partial charge in [0.05, 0.1) is 6.10 Å². The van der Waals surface area contributed by atoms with Gasteiger partial charge in [0.15, 0.2) is 0 Å². The molecule has 21 heavy (non-hydrogen) atoms. The molecule has 0 aromatic heterocycles. The quantitative estimate of drug-likeness (QED) is 0.708. The van der Waals surface area contributed by atoms with Crippen molar-refractivity contribution in [1.29, 1.82) is 0 Å². The van der Waals surface area contributed by atoms with Crippen LogP contribution in [0.2, 0.25) is 0 Å². The van der Waals surface area contributed by atoms with Gasteiger partial charge in [-0.3, -0.25) is 4.79 Å². The molecule has 120 valence electrons. The third kappa shape index (κ3) is 5.65. The van der Waals surface area contributed by atoms with E-state index in [1.165, 1.54) is 12.8 Å². The molecule has 0 radical (unpaired) electrons. The second-order valence-corrected chi connectivity index (χ2v) is 6.47. The Labute approximate surface area is 126 Å². The lowest BCUT2D eigenvalue weighted by Gasteiger charge is -2.22. The molecule has 0 saturated heterocycles. The SMILES string of the molecule is CC(OC1CCCCCC1)C(=O)NC(CC1CC1)C(=O)O. The second-order valence-electron chi connectivity index (χ2n) is 6.47. The first-order valence-corrected chi connectivity index (χ1v) is 8.25. The Bertz CT molecular complexity index is 359. The molecule has 0 spiro atoms. The van der Waals surface area contributed by atoms with Gasteiger partial charge in [-0.05, 0) is 32.1 Å². The van der Waals surface area contributed by atoms with E-state index in [1.54, 1.807) is 6.92 Å². The highest BCUT2D eigenvalue weighted by atomic mass is 16.5. The molecule has 5 heteroatoms. The molecule has 2 N–H and O–H groups in total. The molecular weight excluding hydrogens is 270 g/mol. The number of carbonyl (C=O) groups is 2. The Morgan fingerprint density at radius 1 is 1.14 bits per heavy atom. The van der Waals surface area contributed by atoms with Crippen molar-refractivity contribution in [2.75, 3.05) is 0 Å². The van der Waals surface area contributed by atoms with Gasteiger partial charge in [-0.25, -0.2) is 4.79 Å². The molecule has 0 aliphatic heterocycles. The summed E-state index contributed by atoms with van der Waals surface area (Å²) >= 11 is 0. The molecule has 2 rings (SSSR count). The summed E-state index contributed by atoms with van der Waals surface area (Å²) < 4.78 is 5.83. The van der Waals surface area contributed by atoms with E-state index in [-0.39, 0.29) is 12.0 Å². The predicted molar refractivity (Wildman–Crippen MR) is 78.9 cm³/mol. The first-order chi connectivity index (χ1) is 10.1. The van der Waals surface area contributed by atoms with E-state index in [0.29, 0.717) is 12.3 Å². The number of aliphatic carboxylic acids is 1. The van der Waals surface area contributed by atoms with Crippen LogP contribution >= 0.6 is 0 Å². The minimum atomic E-state index is -0.947. The van der Waals surface area contributed by atoms with Crippen molar-refractivity contribution in [2.45, 2.75) is 83.0 Å². The standard InChI is InChI=1S/C16H27NO4/c1-11(21-13-6-4-2-3-5-7-13)15(18)17-14(16(19)20)10-12-8-9-12/h11-14H,2-10H2,1H3,(H,17,18)(H,19,20). The van der Waals surface area contributed by atoms with E-state index in [9.17, 15) is 14.7 Å². The summed E-state index contributed by atoms with van der Waals surface area (Å²) in [7, 11) is 0. The molecule has 2 fully saturated rings. The summed E-state index contributed by atoms with van der Waals surface area (Å²) in [6, 6.07) is -0.773. The average molecular weight is 297 g/mol. The Morgan fingerprint density at radius 2 is 1.76 bits per heavy atom. The summed E-state index contributed by atoms with van der Waals surface area (Å²) in [5.41, 5.74) is 0. The van der Waals surface area contributed by atoms with Gasteiger partial charge in [0.25, 0.3) is 0 Å². The van der Waals surface area contributed by atoms with Gasteiger partial charge in [-0.2, -0.15) is 0 Å². The fraction of sp³-hybridized carbons (Fsp3) is 0.875. The molecule has 2 atom stereocenters. The van der Waals surface area contributed by atoms with Crippen molar-refractivity contribution < 1.29 is 19.4 Å². The predicted octanol–water partition coefficient (Wildman–Crippen LogP) is 2.48. The Balaban J connectivity index is 1.78. The topological polar surface area (TPSA) is 75.6 Å². The molecule has 0 aromatic rings. The number of amides is 1. The molecule has 1 amide bonds. The van der Waals surface area contributed by atoms with Crippen molar-refractivity contribution in [3.8, 4) is 0 Å². The van der Waals surface area contributed by atoms with Crippen LogP contribution in [0.1, 0.15) is 64.7 Å². The minimum absolute atomic E-state index is 0.139. The minimum Gasteiger partial charge on any atom is -0.480 e. The van der Waals surface area contributed by atoms with E-state index in [1.807, 2.05) is 0 Å². The monoisotopic (exact) mass is 297 g/mol. The summed E-state index contributed by atoms with van der Waals surface area (Å²) in [5.74, 6) is -0.784. The summed E-state index contributed by atoms with van der Waals surface area (Å²) in [6.07, 6.45) is 9.04. The third-order valence-corrected chi connectivity index (χ3v) is 4.45. The Kier molecular flexibility index (Phi) is 6.03. The van der Waals surface area contributed by atoms with Crippen LogP contribution < -0.4 is 5.32 Å². The van der Waals surface area contributed by atoms with Gasteiger partial charge in [0, 0.05) is 0 Å². The molecule has 2 unspecified atom stereocenters. The first-order valence-electron chi connectivity index (χ1n) is 8.25. The molecule has 5 nitrogen and oxygen atoms in total. The van der Waals surface area contributed by atoms with Crippen LogP contribution in [-0.4, -0.2) is 35.2 Å². The normalized spacial score (nSPS) is 23.1. The van der Waals surface area contributed by atoms with E-state index < -0.39 is 18.1 Å². The van der Waals surface area contributed by atoms with Crippen LogP contribution in [0.5, 0.6) is 0 Å². The maximum atomic E-state index is 12.1. The maximum absolute atomic E-state index is 12.1. The number of carbonyl (C=O) groups excluding carboxylic acids is 1. The molecule has 2 aliphatic rings. The van der Waals surface area contributed by atoms with Crippen LogP contribution in [-0.2, 0) is 14.3 Å². The van der Waals surface area contributed by atoms with E-state index in [0.717, 1.165) is 38.5 Å². The van der Waals surface area contributed by atoms with E-state index in [2.05, 4.69) is 5.32 Å². The zero-order chi connectivity index (χ0) is 15.2. The molecule has 2 saturated carbocycles. The summed E-state index contributed by atoms with van der Waals surface area (Å²) in [4.78, 5) is 23.3. The third-order valence-electron chi connectivity index (χ3n) is 4.45. The molecule has 0 aromatic carbocycles. The fourth-order valence-electron chi connectivity index (χ4n) is 2.93. The van der Waals surface area contributed by atoms with Gasteiger partial charge in [0.2, 0.25) is 5.91 Å². The van der Waals surface area contributed by atoms with Crippen molar-refractivity contribution in [3.63, 3.8) is 0 Å². The van der Waals surface area contributed by atoms with Crippen LogP contribution in [0, 0.1) is 5.92 Å². The largest absolute Gasteiger partial charge is 0.480 e. The first kappa shape index (κ1) is 16.3. The fourth-order valence-corrected chi connectivity index (χ4v) is 2.93. The smallest absolute Gasteiger partial charge is 0.326 e. The van der Waals surface area contributed by atoms with Crippen LogP contribution in [0.15, 0.2) is 0 Å². The molecule has 2 aliphatic carbocycles. The number of ether oxygens (including phenoxy) is 1. The zero-order valence-electron chi connectivity index (χ0n) is 12.8. The van der Waals surface area contributed by atoms with Crippen molar-refractivity contribution >= 4 is 11.9 Å². The Hall–Kier alpha value is -1.10. The van der Waals surface area contributed by atoms with Crippen LogP contribution in [0.4, 0.5) is 0 Å². The van der Waals surface area contributed by atoms with Gasteiger partial charge < -0.3 is 15.2 Å². The lowest BCUT2D eigenvalue weighted by atomic mass is 10.1. The lowest BCUT2D eigenvalue weighted by Crippen LogP contribution is -2.46. The van der Waals surface area contributed by atoms with Gasteiger partial charge in [0.1, 0.15) is 12.1 Å².